The molecule has 4 N–H and O–H groups in total. The number of aliphatic hydroxyl groups is 2. The molecule has 0 aromatic heterocycles. The van der Waals surface area contributed by atoms with Gasteiger partial charge in [-0.15, -0.1) is 0 Å². The van der Waals surface area contributed by atoms with E-state index in [1.54, 1.807) is 13.8 Å². The van der Waals surface area contributed by atoms with Crippen molar-refractivity contribution in [1.82, 2.24) is 0 Å². The quantitative estimate of drug-likeness (QED) is 0.525. The first-order valence-corrected chi connectivity index (χ1v) is 5.00. The molecule has 1 unspecified atom stereocenters. The second-order valence-electron chi connectivity index (χ2n) is 4.41. The van der Waals surface area contributed by atoms with Crippen LogP contribution in [0.3, 0.4) is 0 Å². The second kappa shape index (κ2) is 3.65. The van der Waals surface area contributed by atoms with E-state index in [0.29, 0.717) is 0 Å². The predicted octanol–water partition coefficient (Wildman–Crippen LogP) is -1.46. The van der Waals surface area contributed by atoms with Gasteiger partial charge >= 0.3 is 0 Å². The lowest BCUT2D eigenvalue weighted by molar-refractivity contribution is -0.217. The molecule has 0 bridgehead atoms. The van der Waals surface area contributed by atoms with Gasteiger partial charge in [-0.3, -0.25) is 0 Å². The first kappa shape index (κ1) is 11.3. The summed E-state index contributed by atoms with van der Waals surface area (Å²) in [6, 6.07) is -0.624. The van der Waals surface area contributed by atoms with E-state index in [-0.39, 0.29) is 6.61 Å². The van der Waals surface area contributed by atoms with E-state index in [0.717, 1.165) is 0 Å². The van der Waals surface area contributed by atoms with Crippen molar-refractivity contribution >= 4 is 0 Å². The Labute approximate surface area is 87.9 Å². The lowest BCUT2D eigenvalue weighted by Crippen LogP contribution is -2.46. The number of nitrogens with two attached hydrogens (primary N) is 1. The van der Waals surface area contributed by atoms with Crippen LogP contribution in [-0.2, 0) is 14.2 Å². The van der Waals surface area contributed by atoms with E-state index in [9.17, 15) is 5.11 Å². The Balaban J connectivity index is 2.05. The van der Waals surface area contributed by atoms with Crippen LogP contribution < -0.4 is 5.73 Å². The largest absolute Gasteiger partial charge is 0.395 e. The Hall–Kier alpha value is -0.240. The van der Waals surface area contributed by atoms with Gasteiger partial charge in [-0.05, 0) is 13.8 Å². The molecule has 2 saturated heterocycles. The standard InChI is InChI=1S/C9H17NO5/c1-9(2)14-7-5(12)6(4(10)3-11)13-8(7)15-9/h4-8,11-12H,3,10H2,1-2H3/t4-,5+,6-,7?,8-/m1/s1. The van der Waals surface area contributed by atoms with Crippen LogP contribution in [0, 0.1) is 0 Å². The number of aliphatic hydroxyl groups excluding tert-OH is 2. The number of hydrogen-bond donors (Lipinski definition) is 3. The molecule has 5 atom stereocenters. The number of fused-ring (bicyclic) bond motifs is 1. The minimum absolute atomic E-state index is 0.245. The Morgan fingerprint density at radius 2 is 2.07 bits per heavy atom. The van der Waals surface area contributed by atoms with Crippen molar-refractivity contribution in [2.24, 2.45) is 5.73 Å². The third-order valence-electron chi connectivity index (χ3n) is 2.69. The highest BCUT2D eigenvalue weighted by atomic mass is 16.8. The molecule has 2 fully saturated rings. The van der Waals surface area contributed by atoms with Crippen LogP contribution in [0.4, 0.5) is 0 Å². The summed E-state index contributed by atoms with van der Waals surface area (Å²) in [7, 11) is 0. The summed E-state index contributed by atoms with van der Waals surface area (Å²) in [4.78, 5) is 0. The van der Waals surface area contributed by atoms with Crippen LogP contribution in [0.5, 0.6) is 0 Å². The van der Waals surface area contributed by atoms with Gasteiger partial charge < -0.3 is 30.2 Å². The van der Waals surface area contributed by atoms with Gasteiger partial charge in [0, 0.05) is 0 Å². The zero-order valence-corrected chi connectivity index (χ0v) is 8.79. The lowest BCUT2D eigenvalue weighted by atomic mass is 10.1. The molecule has 2 rings (SSSR count). The minimum Gasteiger partial charge on any atom is -0.395 e. The molecule has 0 amide bonds. The summed E-state index contributed by atoms with van der Waals surface area (Å²) in [5.41, 5.74) is 5.59. The van der Waals surface area contributed by atoms with Crippen molar-refractivity contribution in [3.05, 3.63) is 0 Å². The minimum atomic E-state index is -0.862. The van der Waals surface area contributed by atoms with Crippen molar-refractivity contribution in [2.45, 2.75) is 50.3 Å². The first-order chi connectivity index (χ1) is 6.94. The van der Waals surface area contributed by atoms with E-state index < -0.39 is 36.4 Å². The molecule has 0 saturated carbocycles. The summed E-state index contributed by atoms with van der Waals surface area (Å²) in [5.74, 6) is -0.745. The Morgan fingerprint density at radius 1 is 1.40 bits per heavy atom. The Bertz CT molecular complexity index is 247. The van der Waals surface area contributed by atoms with Crippen molar-refractivity contribution in [2.75, 3.05) is 6.61 Å². The summed E-state index contributed by atoms with van der Waals surface area (Å²) < 4.78 is 16.3. The third-order valence-corrected chi connectivity index (χ3v) is 2.69. The number of hydrogen-bond acceptors (Lipinski definition) is 6. The fourth-order valence-electron chi connectivity index (χ4n) is 1.97. The van der Waals surface area contributed by atoms with Crippen LogP contribution >= 0.6 is 0 Å². The maximum atomic E-state index is 9.87. The average molecular weight is 219 g/mol. The van der Waals surface area contributed by atoms with E-state index in [1.807, 2.05) is 0 Å². The van der Waals surface area contributed by atoms with Gasteiger partial charge in [-0.2, -0.15) is 0 Å². The van der Waals surface area contributed by atoms with Crippen molar-refractivity contribution in [1.29, 1.82) is 0 Å². The first-order valence-electron chi connectivity index (χ1n) is 5.00. The molecular formula is C9H17NO5. The van der Waals surface area contributed by atoms with Crippen molar-refractivity contribution in [3.63, 3.8) is 0 Å². The van der Waals surface area contributed by atoms with Gasteiger partial charge in [0.1, 0.15) is 18.3 Å². The van der Waals surface area contributed by atoms with Gasteiger partial charge in [0.15, 0.2) is 12.1 Å². The molecule has 2 aliphatic heterocycles. The zero-order valence-electron chi connectivity index (χ0n) is 8.79. The number of ether oxygens (including phenoxy) is 3. The summed E-state index contributed by atoms with van der Waals surface area (Å²) in [6.45, 7) is 3.26. The van der Waals surface area contributed by atoms with Gasteiger partial charge in [-0.25, -0.2) is 0 Å². The lowest BCUT2D eigenvalue weighted by Gasteiger charge is -2.25. The molecule has 0 aromatic rings. The molecule has 0 aliphatic carbocycles. The molecule has 88 valence electrons. The Kier molecular flexibility index (Phi) is 2.74. The van der Waals surface area contributed by atoms with Crippen LogP contribution in [-0.4, -0.2) is 53.3 Å². The average Bonchev–Trinajstić information content (AvgIpc) is 2.60. The highest BCUT2D eigenvalue weighted by Gasteiger charge is 2.55. The highest BCUT2D eigenvalue weighted by Crippen LogP contribution is 2.37. The van der Waals surface area contributed by atoms with E-state index in [2.05, 4.69) is 0 Å². The Morgan fingerprint density at radius 3 is 2.60 bits per heavy atom. The molecule has 6 nitrogen and oxygen atoms in total. The second-order valence-corrected chi connectivity index (χ2v) is 4.41. The van der Waals surface area contributed by atoms with Crippen molar-refractivity contribution in [3.8, 4) is 0 Å². The van der Waals surface area contributed by atoms with Gasteiger partial charge in [-0.1, -0.05) is 0 Å². The van der Waals surface area contributed by atoms with E-state index >= 15 is 0 Å². The normalized spacial score (nSPS) is 45.4. The highest BCUT2D eigenvalue weighted by molar-refractivity contribution is 4.96. The third kappa shape index (κ3) is 1.89. The van der Waals surface area contributed by atoms with Crippen LogP contribution in [0.1, 0.15) is 13.8 Å². The van der Waals surface area contributed by atoms with E-state index in [1.165, 1.54) is 0 Å². The van der Waals surface area contributed by atoms with Gasteiger partial charge in [0.05, 0.1) is 12.6 Å². The molecule has 0 aromatic carbocycles. The molecule has 15 heavy (non-hydrogen) atoms. The topological polar surface area (TPSA) is 94.2 Å². The summed E-state index contributed by atoms with van der Waals surface area (Å²) in [6.07, 6.45) is -2.62. The summed E-state index contributed by atoms with van der Waals surface area (Å²) in [5, 5.41) is 18.8. The van der Waals surface area contributed by atoms with Crippen molar-refractivity contribution < 1.29 is 24.4 Å². The fourth-order valence-corrected chi connectivity index (χ4v) is 1.97. The van der Waals surface area contributed by atoms with Crippen LogP contribution in [0.2, 0.25) is 0 Å². The maximum absolute atomic E-state index is 9.87. The smallest absolute Gasteiger partial charge is 0.190 e. The molecule has 2 aliphatic rings. The SMILES string of the molecule is CC1(C)OC2[C@H](O[C@H]([C@H](N)CO)[C@@H]2O)O1. The molecule has 2 heterocycles. The summed E-state index contributed by atoms with van der Waals surface area (Å²) >= 11 is 0. The number of rotatable bonds is 2. The predicted molar refractivity (Wildman–Crippen MR) is 49.8 cm³/mol. The van der Waals surface area contributed by atoms with E-state index in [4.69, 9.17) is 25.1 Å². The molecule has 6 heteroatoms. The molecular weight excluding hydrogens is 202 g/mol. The maximum Gasteiger partial charge on any atom is 0.190 e. The van der Waals surface area contributed by atoms with Crippen LogP contribution in [0.25, 0.3) is 0 Å². The van der Waals surface area contributed by atoms with Crippen LogP contribution in [0.15, 0.2) is 0 Å². The monoisotopic (exact) mass is 219 g/mol. The molecule has 0 spiro atoms. The van der Waals surface area contributed by atoms with Gasteiger partial charge in [0.25, 0.3) is 0 Å². The van der Waals surface area contributed by atoms with Gasteiger partial charge in [0.2, 0.25) is 0 Å². The molecule has 0 radical (unpaired) electrons. The fraction of sp³-hybridized carbons (Fsp3) is 1.00. The zero-order chi connectivity index (χ0) is 11.2.